The Morgan fingerprint density at radius 3 is 1.06 bits per heavy atom. The van der Waals surface area contributed by atoms with E-state index in [9.17, 15) is 9.59 Å². The maximum Gasteiger partial charge on any atom is 0.305 e. The highest BCUT2D eigenvalue weighted by molar-refractivity contribution is 5.69. The molecule has 0 unspecified atom stereocenters. The molecule has 0 radical (unpaired) electrons. The number of ether oxygens (including phenoxy) is 2. The molecule has 0 aliphatic carbocycles. The molecule has 0 fully saturated rings. The lowest BCUT2D eigenvalue weighted by Gasteiger charge is -2.06. The van der Waals surface area contributed by atoms with Crippen LogP contribution in [0.3, 0.4) is 0 Å². The lowest BCUT2D eigenvalue weighted by Crippen LogP contribution is -2.06. The highest BCUT2D eigenvalue weighted by Crippen LogP contribution is 2.11. The van der Waals surface area contributed by atoms with Crippen molar-refractivity contribution in [2.24, 2.45) is 0 Å². The summed E-state index contributed by atoms with van der Waals surface area (Å²) >= 11 is 0. The summed E-state index contributed by atoms with van der Waals surface area (Å²) in [5.41, 5.74) is 0. The number of hydrogen-bond acceptors (Lipinski definition) is 4. The van der Waals surface area contributed by atoms with Crippen LogP contribution < -0.4 is 0 Å². The van der Waals surface area contributed by atoms with Gasteiger partial charge in [-0.25, -0.2) is 0 Å². The summed E-state index contributed by atoms with van der Waals surface area (Å²) in [6.07, 6.45) is 23.3. The summed E-state index contributed by atoms with van der Waals surface area (Å²) in [6, 6.07) is 0. The smallest absolute Gasteiger partial charge is 0.305 e. The van der Waals surface area contributed by atoms with Gasteiger partial charge in [0.2, 0.25) is 0 Å². The minimum absolute atomic E-state index is 0.0556. The summed E-state index contributed by atoms with van der Waals surface area (Å²) in [5, 5.41) is 0. The molecule has 184 valence electrons. The van der Waals surface area contributed by atoms with Crippen LogP contribution in [-0.4, -0.2) is 25.2 Å². The fourth-order valence-corrected chi connectivity index (χ4v) is 3.70. The standard InChI is InChI=1S/C27H52O4/c1-3-5-7-9-11-16-20-24-30-26(28)22-18-14-13-15-19-23-27(29)31-25-21-17-12-10-8-6-4-2/h3-25H2,1-2H3. The molecule has 0 aromatic heterocycles. The lowest BCUT2D eigenvalue weighted by atomic mass is 10.1. The highest BCUT2D eigenvalue weighted by Gasteiger charge is 2.04. The van der Waals surface area contributed by atoms with E-state index in [0.29, 0.717) is 26.1 Å². The van der Waals surface area contributed by atoms with Crippen molar-refractivity contribution in [2.75, 3.05) is 13.2 Å². The van der Waals surface area contributed by atoms with Crippen molar-refractivity contribution in [3.05, 3.63) is 0 Å². The van der Waals surface area contributed by atoms with Gasteiger partial charge in [-0.2, -0.15) is 0 Å². The average Bonchev–Trinajstić information content (AvgIpc) is 2.76. The quantitative estimate of drug-likeness (QED) is 0.112. The number of carbonyl (C=O) groups excluding carboxylic acids is 2. The van der Waals surface area contributed by atoms with E-state index in [-0.39, 0.29) is 11.9 Å². The zero-order valence-electron chi connectivity index (χ0n) is 20.9. The van der Waals surface area contributed by atoms with E-state index < -0.39 is 0 Å². The zero-order chi connectivity index (χ0) is 22.8. The summed E-state index contributed by atoms with van der Waals surface area (Å²) < 4.78 is 10.6. The zero-order valence-corrected chi connectivity index (χ0v) is 20.9. The van der Waals surface area contributed by atoms with E-state index in [1.54, 1.807) is 0 Å². The third-order valence-electron chi connectivity index (χ3n) is 5.78. The minimum atomic E-state index is -0.0556. The van der Waals surface area contributed by atoms with Crippen LogP contribution in [0, 0.1) is 0 Å². The number of esters is 2. The summed E-state index contributed by atoms with van der Waals surface area (Å²) in [5.74, 6) is -0.111. The Morgan fingerprint density at radius 2 is 0.710 bits per heavy atom. The van der Waals surface area contributed by atoms with Crippen LogP contribution in [0.25, 0.3) is 0 Å². The second kappa shape index (κ2) is 25.2. The molecule has 4 heteroatoms. The molecule has 0 aliphatic heterocycles. The van der Waals surface area contributed by atoms with Gasteiger partial charge in [-0.15, -0.1) is 0 Å². The molecule has 0 amide bonds. The van der Waals surface area contributed by atoms with Gasteiger partial charge in [-0.3, -0.25) is 9.59 Å². The summed E-state index contributed by atoms with van der Waals surface area (Å²) in [4.78, 5) is 23.4. The Hall–Kier alpha value is -1.06. The van der Waals surface area contributed by atoms with Gasteiger partial charge in [-0.1, -0.05) is 110 Å². The average molecular weight is 441 g/mol. The van der Waals surface area contributed by atoms with Crippen molar-refractivity contribution < 1.29 is 19.1 Å². The van der Waals surface area contributed by atoms with Crippen LogP contribution in [0.1, 0.15) is 149 Å². The summed E-state index contributed by atoms with van der Waals surface area (Å²) in [7, 11) is 0. The lowest BCUT2D eigenvalue weighted by molar-refractivity contribution is -0.144. The third-order valence-corrected chi connectivity index (χ3v) is 5.78. The van der Waals surface area contributed by atoms with Crippen molar-refractivity contribution in [2.45, 2.75) is 149 Å². The van der Waals surface area contributed by atoms with Gasteiger partial charge >= 0.3 is 11.9 Å². The number of carbonyl (C=O) groups is 2. The molecule has 0 saturated carbocycles. The first-order chi connectivity index (χ1) is 15.2. The Kier molecular flexibility index (Phi) is 24.3. The van der Waals surface area contributed by atoms with Crippen LogP contribution in [0.2, 0.25) is 0 Å². The number of unbranched alkanes of at least 4 members (excludes halogenated alkanes) is 16. The molecule has 0 spiro atoms. The second-order valence-electron chi connectivity index (χ2n) is 8.95. The van der Waals surface area contributed by atoms with Gasteiger partial charge in [0, 0.05) is 12.8 Å². The molecule has 0 atom stereocenters. The maximum absolute atomic E-state index is 11.7. The van der Waals surface area contributed by atoms with E-state index in [0.717, 1.165) is 44.9 Å². The first-order valence-electron chi connectivity index (χ1n) is 13.5. The molecule has 0 heterocycles. The molecular weight excluding hydrogens is 388 g/mol. The predicted molar refractivity (Wildman–Crippen MR) is 130 cm³/mol. The predicted octanol–water partition coefficient (Wildman–Crippen LogP) is 8.30. The van der Waals surface area contributed by atoms with Crippen LogP contribution >= 0.6 is 0 Å². The second-order valence-corrected chi connectivity index (χ2v) is 8.95. The van der Waals surface area contributed by atoms with Gasteiger partial charge in [0.15, 0.2) is 0 Å². The number of hydrogen-bond donors (Lipinski definition) is 0. The Balaban J connectivity index is 3.26. The molecular formula is C27H52O4. The Morgan fingerprint density at radius 1 is 0.419 bits per heavy atom. The minimum Gasteiger partial charge on any atom is -0.466 e. The molecule has 4 nitrogen and oxygen atoms in total. The first kappa shape index (κ1) is 29.9. The van der Waals surface area contributed by atoms with Crippen molar-refractivity contribution in [3.8, 4) is 0 Å². The Bertz CT molecular complexity index is 359. The van der Waals surface area contributed by atoms with Crippen LogP contribution in [0.5, 0.6) is 0 Å². The molecule has 0 aromatic carbocycles. The first-order valence-corrected chi connectivity index (χ1v) is 13.5. The maximum atomic E-state index is 11.7. The van der Waals surface area contributed by atoms with Crippen molar-refractivity contribution in [1.29, 1.82) is 0 Å². The molecule has 0 saturated heterocycles. The van der Waals surface area contributed by atoms with Crippen molar-refractivity contribution in [3.63, 3.8) is 0 Å². The molecule has 0 aromatic rings. The fourth-order valence-electron chi connectivity index (χ4n) is 3.70. The molecule has 0 rings (SSSR count). The van der Waals surface area contributed by atoms with Crippen molar-refractivity contribution in [1.82, 2.24) is 0 Å². The van der Waals surface area contributed by atoms with E-state index in [4.69, 9.17) is 9.47 Å². The van der Waals surface area contributed by atoms with E-state index >= 15 is 0 Å². The van der Waals surface area contributed by atoms with Crippen LogP contribution in [-0.2, 0) is 19.1 Å². The topological polar surface area (TPSA) is 52.6 Å². The highest BCUT2D eigenvalue weighted by atomic mass is 16.5. The molecule has 0 N–H and O–H groups in total. The molecule has 0 aliphatic rings. The van der Waals surface area contributed by atoms with E-state index in [1.165, 1.54) is 77.0 Å². The van der Waals surface area contributed by atoms with Crippen molar-refractivity contribution >= 4 is 11.9 Å². The fraction of sp³-hybridized carbons (Fsp3) is 0.926. The SMILES string of the molecule is CCCCCCCCCOC(=O)CCCCCCCC(=O)OCCCCCCCCC. The van der Waals surface area contributed by atoms with E-state index in [1.807, 2.05) is 0 Å². The van der Waals surface area contributed by atoms with Gasteiger partial charge in [0.25, 0.3) is 0 Å². The monoisotopic (exact) mass is 440 g/mol. The number of rotatable bonds is 24. The Labute approximate surface area is 193 Å². The van der Waals surface area contributed by atoms with Gasteiger partial charge in [0.05, 0.1) is 13.2 Å². The van der Waals surface area contributed by atoms with Gasteiger partial charge < -0.3 is 9.47 Å². The van der Waals surface area contributed by atoms with E-state index in [2.05, 4.69) is 13.8 Å². The van der Waals surface area contributed by atoms with Gasteiger partial charge in [0.1, 0.15) is 0 Å². The normalized spacial score (nSPS) is 10.9. The van der Waals surface area contributed by atoms with Crippen LogP contribution in [0.15, 0.2) is 0 Å². The third kappa shape index (κ3) is 25.1. The van der Waals surface area contributed by atoms with Gasteiger partial charge in [-0.05, 0) is 25.7 Å². The molecule has 0 bridgehead atoms. The molecule has 31 heavy (non-hydrogen) atoms. The largest absolute Gasteiger partial charge is 0.466 e. The van der Waals surface area contributed by atoms with Crippen LogP contribution in [0.4, 0.5) is 0 Å². The summed E-state index contributed by atoms with van der Waals surface area (Å²) in [6.45, 7) is 5.62.